The van der Waals surface area contributed by atoms with Crippen molar-refractivity contribution in [1.29, 1.82) is 0 Å². The third-order valence-corrected chi connectivity index (χ3v) is 42.0. The van der Waals surface area contributed by atoms with Crippen LogP contribution in [0.5, 0.6) is 0 Å². The van der Waals surface area contributed by atoms with Crippen molar-refractivity contribution in [2.45, 2.75) is 441 Å². The Kier molecular flexibility index (Phi) is 27.9. The second kappa shape index (κ2) is 38.9. The van der Waals surface area contributed by atoms with E-state index < -0.39 is 180 Å². The van der Waals surface area contributed by atoms with Crippen molar-refractivity contribution in [3.8, 4) is 0 Å². The number of rotatable bonds is 24. The van der Waals surface area contributed by atoms with Gasteiger partial charge in [-0.2, -0.15) is 0 Å². The van der Waals surface area contributed by atoms with Gasteiger partial charge >= 0.3 is 35.8 Å². The Morgan fingerprint density at radius 3 is 0.616 bits per heavy atom. The fourth-order valence-electron chi connectivity index (χ4n) is 33.9. The molecule has 3 unspecified atom stereocenters. The molecule has 0 N–H and O–H groups in total. The SMILES string of the molecule is C[C@@H]1CC[C@H]2[C@@H](C)C(CCOC(=O)CN(CC(=O)OCCC3O[C@@H]4O[C@]5(C)CC[C@H]6[C@H](C)CC[C@@H]([C@H]3C)[C@@]46OO5)CC(=O)OCCC3O[C@@H]4O[C@]5(C)CC[C@H]6[C@H](C)CC[C@@H]([C@H]3C)[C@@]46OO5)O[C@@H]3O[C@@]4(C)CC[C@@H]1[C@]32OO4.C[C@H]1[C@H](OC(=O)CN(CC(=O)O[C@@H]2O[C@@H]3O[C@]4(C)CC[C@H]5[C@H](C)CC[C@@H]([C@H]2C)[C@@]35OO4)CC(=O)O[C@@H]2O[C@@H]3O[C@]4(C)CC[C@H]5[C@H](C)CC[C@@H]([C@H]2C)[C@@]35OO4)O[C@@H]2O[C@@]3(C)CC[C@H]4[C@H](C)CC[C@@H]1[C@@]24OO3. The van der Waals surface area contributed by atoms with E-state index in [1.54, 1.807) is 0 Å². The van der Waals surface area contributed by atoms with Gasteiger partial charge in [-0.15, -0.1) is 0 Å². The average Bonchev–Trinajstić information content (AvgIpc) is 1.46. The molecular formula is C108H162N2O36. The first kappa shape index (κ1) is 105. The number of carbonyl (C=O) groups excluding carboxylic acids is 6. The number of hydrogen-bond donors (Lipinski definition) is 0. The predicted octanol–water partition coefficient (Wildman–Crippen LogP) is 14.4. The zero-order valence-corrected chi connectivity index (χ0v) is 88.8. The maximum Gasteiger partial charge on any atom is 0.322 e. The molecule has 24 aliphatic heterocycles. The predicted molar refractivity (Wildman–Crippen MR) is 499 cm³/mol. The smallest absolute Gasteiger partial charge is 0.322 e. The van der Waals surface area contributed by atoms with Crippen LogP contribution in [0.15, 0.2) is 0 Å². The van der Waals surface area contributed by atoms with Crippen molar-refractivity contribution in [2.24, 2.45) is 142 Å². The Morgan fingerprint density at radius 2 is 0.411 bits per heavy atom. The summed E-state index contributed by atoms with van der Waals surface area (Å²) in [6.07, 6.45) is 14.1. The highest BCUT2D eigenvalue weighted by atomic mass is 17.3. The van der Waals surface area contributed by atoms with Crippen LogP contribution in [-0.4, -0.2) is 248 Å². The minimum absolute atomic E-state index is 0.0720. The lowest BCUT2D eigenvalue weighted by Crippen LogP contribution is -2.70. The first-order valence-electron chi connectivity index (χ1n) is 56.3. The van der Waals surface area contributed by atoms with Crippen molar-refractivity contribution < 1.29 is 173 Å². The van der Waals surface area contributed by atoms with E-state index in [0.717, 1.165) is 135 Å². The van der Waals surface area contributed by atoms with Gasteiger partial charge in [-0.25, -0.2) is 58.7 Å². The quantitative estimate of drug-likeness (QED) is 0.0492. The van der Waals surface area contributed by atoms with Crippen molar-refractivity contribution in [2.75, 3.05) is 59.1 Å². The molecule has 24 saturated heterocycles. The molecule has 30 fully saturated rings. The van der Waals surface area contributed by atoms with Gasteiger partial charge < -0.3 is 85.3 Å². The summed E-state index contributed by atoms with van der Waals surface area (Å²) in [5, 5.41) is 0. The molecule has 30 aliphatic rings. The molecule has 0 radical (unpaired) electrons. The van der Waals surface area contributed by atoms with Crippen LogP contribution in [-0.2, 0) is 173 Å². The highest BCUT2D eigenvalue weighted by Gasteiger charge is 2.78. The van der Waals surface area contributed by atoms with E-state index in [4.69, 9.17) is 144 Å². The first-order valence-corrected chi connectivity index (χ1v) is 56.3. The molecule has 146 heavy (non-hydrogen) atoms. The molecule has 0 aromatic carbocycles. The Morgan fingerprint density at radius 1 is 0.226 bits per heavy atom. The number of esters is 6. The molecule has 0 amide bonds. The zero-order chi connectivity index (χ0) is 102. The van der Waals surface area contributed by atoms with Gasteiger partial charge in [0.1, 0.15) is 0 Å². The molecule has 0 aromatic rings. The number of hydrogen-bond acceptors (Lipinski definition) is 38. The van der Waals surface area contributed by atoms with Gasteiger partial charge in [0.25, 0.3) is 0 Å². The summed E-state index contributed by atoms with van der Waals surface area (Å²) in [5.41, 5.74) is -4.62. The maximum atomic E-state index is 14.3. The van der Waals surface area contributed by atoms with Crippen LogP contribution in [0, 0.1) is 142 Å². The van der Waals surface area contributed by atoms with Gasteiger partial charge in [0.15, 0.2) is 71.3 Å². The first-order chi connectivity index (χ1) is 69.6. The summed E-state index contributed by atoms with van der Waals surface area (Å²) in [6.45, 7) is 35.1. The van der Waals surface area contributed by atoms with Gasteiger partial charge in [-0.3, -0.25) is 38.6 Å². The Bertz CT molecular complexity index is 4360. The molecule has 0 aromatic heterocycles. The minimum Gasteiger partial charge on any atom is -0.465 e. The Labute approximate surface area is 856 Å². The van der Waals surface area contributed by atoms with Crippen LogP contribution in [0.25, 0.3) is 0 Å². The van der Waals surface area contributed by atoms with E-state index in [9.17, 15) is 28.8 Å². The van der Waals surface area contributed by atoms with Crippen LogP contribution in [0.2, 0.25) is 0 Å². The van der Waals surface area contributed by atoms with Gasteiger partial charge in [0.05, 0.1) is 77.4 Å². The minimum atomic E-state index is -1.01. The summed E-state index contributed by atoms with van der Waals surface area (Å²) in [7, 11) is 0. The number of fused-ring (bicyclic) bond motifs is 12. The molecule has 30 rings (SSSR count). The van der Waals surface area contributed by atoms with E-state index >= 15 is 0 Å². The standard InChI is InChI=1S/C57H87NO18.C51H75NO18/c1-31-10-13-40-34(4)43(65-49-55(40)37(31)16-22-52(7,68-49)71-74-55)19-25-62-46(59)28-58(29-47(60)63-26-20-44-35(5)41-14-11-32(2)38-17-23-53(8)69-50(66-44)56(38,41)75-72-53)30-48(61)64-27-21-45-36(6)42-15-12-33(3)39-18-24-54(9)70-51(67-45)57(39,42)76-73-54;1-25-10-13-34-28(4)40(59-43-49(34)31(25)16-19-46(7,62-43)65-68-49)56-37(53)22-52(23-38(54)57-41-29(5)35-14-11-26(2)32-17-20-47(8)63-44(60-41)50(32,35)69-66-47)24-39(55)58-42-30(6)36-15-12-27(3)33-18-21-48(9)64-45(61-42)51(33,36)70-67-48/h31-45,49-51H,10-30H2,1-9H3;25-36,40-45H,10-24H2,1-9H3/t31-,32-,33-,34-,35-,36-,37+,38+,39+,40+,41+,42+,43?,44?,45?,49-,50-,51-,52-,53+,54+,55-,56-,57-;25-,26-,27-,28-,29-,30-,31+,32+,33+,34+,35+,36+,40-,41-,42-,43-,44-,45-,46-,47+,48+,49-,50-,51-/m11/s1. The zero-order valence-electron chi connectivity index (χ0n) is 88.8. The number of nitrogens with zero attached hydrogens (tertiary/aromatic N) is 2. The van der Waals surface area contributed by atoms with Crippen LogP contribution < -0.4 is 0 Å². The molecule has 48 atom stereocenters. The highest BCUT2D eigenvalue weighted by Crippen LogP contribution is 2.69. The molecule has 6 saturated carbocycles. The molecule has 24 heterocycles. The average molecular weight is 2060 g/mol. The second-order valence-electron chi connectivity index (χ2n) is 50.9. The van der Waals surface area contributed by atoms with Crippen LogP contribution in [0.3, 0.4) is 0 Å². The van der Waals surface area contributed by atoms with Gasteiger partial charge in [-0.1, -0.05) is 83.1 Å². The lowest BCUT2D eigenvalue weighted by molar-refractivity contribution is -0.576. The van der Waals surface area contributed by atoms with E-state index in [1.807, 2.05) is 62.3 Å². The van der Waals surface area contributed by atoms with Crippen LogP contribution >= 0.6 is 0 Å². The molecule has 38 nitrogen and oxygen atoms in total. The lowest BCUT2D eigenvalue weighted by Gasteiger charge is -2.60. The molecule has 12 bridgehead atoms. The van der Waals surface area contributed by atoms with Gasteiger partial charge in [0.2, 0.25) is 53.6 Å². The normalized spacial score (nSPS) is 53.2. The fourth-order valence-corrected chi connectivity index (χ4v) is 33.9. The lowest BCUT2D eigenvalue weighted by atomic mass is 9.57. The molecule has 38 heteroatoms. The third-order valence-electron chi connectivity index (χ3n) is 42.0. The van der Waals surface area contributed by atoms with Crippen LogP contribution in [0.1, 0.15) is 298 Å². The molecule has 6 spiro atoms. The van der Waals surface area contributed by atoms with Gasteiger partial charge in [0, 0.05) is 111 Å². The summed E-state index contributed by atoms with van der Waals surface area (Å²) >= 11 is 0. The summed E-state index contributed by atoms with van der Waals surface area (Å²) in [6, 6.07) is 0. The molecule has 6 aliphatic carbocycles. The largest absolute Gasteiger partial charge is 0.465 e. The maximum absolute atomic E-state index is 14.3. The Balaban J connectivity index is 0.000000162. The van der Waals surface area contributed by atoms with E-state index in [2.05, 4.69) is 62.3 Å². The monoisotopic (exact) mass is 2060 g/mol. The molecule has 820 valence electrons. The van der Waals surface area contributed by atoms with E-state index in [0.29, 0.717) is 74.0 Å². The van der Waals surface area contributed by atoms with Crippen LogP contribution in [0.4, 0.5) is 0 Å². The van der Waals surface area contributed by atoms with Crippen molar-refractivity contribution in [1.82, 2.24) is 9.80 Å². The number of carbonyl (C=O) groups is 6. The van der Waals surface area contributed by atoms with Crippen molar-refractivity contribution in [3.63, 3.8) is 0 Å². The number of ether oxygens (including phenoxy) is 18. The topological polar surface area (TPSA) is 386 Å². The van der Waals surface area contributed by atoms with Crippen molar-refractivity contribution >= 4 is 35.8 Å². The van der Waals surface area contributed by atoms with Gasteiger partial charge in [-0.05, 0) is 246 Å². The summed E-state index contributed by atoms with van der Waals surface area (Å²) in [4.78, 5) is 161. The highest BCUT2D eigenvalue weighted by molar-refractivity contribution is 5.79. The van der Waals surface area contributed by atoms with Crippen molar-refractivity contribution in [3.05, 3.63) is 0 Å². The summed E-state index contributed by atoms with van der Waals surface area (Å²) < 4.78 is 115. The van der Waals surface area contributed by atoms with E-state index in [1.165, 1.54) is 9.80 Å². The second-order valence-corrected chi connectivity index (χ2v) is 50.9. The fraction of sp³-hybridized carbons (Fsp3) is 0.944. The van der Waals surface area contributed by atoms with E-state index in [-0.39, 0.29) is 164 Å². The third kappa shape index (κ3) is 17.5. The molecular weight excluding hydrogens is 1900 g/mol. The Hall–Kier alpha value is -4.22. The summed E-state index contributed by atoms with van der Waals surface area (Å²) in [5.74, 6) is -6.61.